The topological polar surface area (TPSA) is 116 Å². The Kier molecular flexibility index (Phi) is 5.26. The standard InChI is InChI=1S/C22H20N4O4/c1-14-13-25-19(30-14)6-4-9-29-18-12-15(28-10-7-23)11-17-20(18)21(22(24)27)16-5-2-3-8-26(16)17/h2-3,5,8,11-13H,4,6,9-10H2,1H3,(H2,24,27). The van der Waals surface area contributed by atoms with Crippen molar-refractivity contribution in [2.45, 2.75) is 19.8 Å². The molecule has 4 aromatic rings. The van der Waals surface area contributed by atoms with Crippen molar-refractivity contribution < 1.29 is 18.7 Å². The molecule has 0 fully saturated rings. The summed E-state index contributed by atoms with van der Waals surface area (Å²) in [5, 5.41) is 9.47. The van der Waals surface area contributed by atoms with Crippen LogP contribution in [0.25, 0.3) is 16.4 Å². The zero-order chi connectivity index (χ0) is 21.1. The molecular formula is C22H20N4O4. The van der Waals surface area contributed by atoms with Crippen LogP contribution in [0, 0.1) is 18.3 Å². The van der Waals surface area contributed by atoms with Gasteiger partial charge in [-0.05, 0) is 25.5 Å². The number of nitriles is 1. The lowest BCUT2D eigenvalue weighted by Crippen LogP contribution is -2.11. The van der Waals surface area contributed by atoms with E-state index in [-0.39, 0.29) is 6.61 Å². The highest BCUT2D eigenvalue weighted by atomic mass is 16.5. The van der Waals surface area contributed by atoms with Crippen molar-refractivity contribution in [3.05, 3.63) is 59.9 Å². The lowest BCUT2D eigenvalue weighted by atomic mass is 10.1. The molecular weight excluding hydrogens is 384 g/mol. The van der Waals surface area contributed by atoms with Crippen molar-refractivity contribution >= 4 is 22.3 Å². The average Bonchev–Trinajstić information content (AvgIpc) is 3.30. The molecule has 2 N–H and O–H groups in total. The predicted molar refractivity (Wildman–Crippen MR) is 110 cm³/mol. The van der Waals surface area contributed by atoms with Gasteiger partial charge >= 0.3 is 0 Å². The number of carbonyl (C=O) groups is 1. The van der Waals surface area contributed by atoms with Crippen molar-refractivity contribution in [3.8, 4) is 17.6 Å². The van der Waals surface area contributed by atoms with Crippen LogP contribution in [0.1, 0.15) is 28.4 Å². The van der Waals surface area contributed by atoms with Crippen molar-refractivity contribution in [1.29, 1.82) is 5.26 Å². The third kappa shape index (κ3) is 3.65. The highest BCUT2D eigenvalue weighted by Gasteiger charge is 2.21. The van der Waals surface area contributed by atoms with Crippen molar-refractivity contribution in [3.63, 3.8) is 0 Å². The fourth-order valence-corrected chi connectivity index (χ4v) is 3.49. The number of hydrogen-bond acceptors (Lipinski definition) is 6. The molecule has 1 aromatic carbocycles. The summed E-state index contributed by atoms with van der Waals surface area (Å²) >= 11 is 0. The minimum atomic E-state index is -0.542. The van der Waals surface area contributed by atoms with Crippen LogP contribution in [0.2, 0.25) is 0 Å². The fraction of sp³-hybridized carbons (Fsp3) is 0.227. The molecule has 8 nitrogen and oxygen atoms in total. The maximum atomic E-state index is 12.3. The number of ether oxygens (including phenoxy) is 2. The van der Waals surface area contributed by atoms with Crippen LogP contribution in [-0.4, -0.2) is 28.5 Å². The van der Waals surface area contributed by atoms with Gasteiger partial charge in [-0.2, -0.15) is 5.26 Å². The lowest BCUT2D eigenvalue weighted by molar-refractivity contribution is 0.100. The molecule has 0 aliphatic heterocycles. The summed E-state index contributed by atoms with van der Waals surface area (Å²) in [6.45, 7) is 2.13. The molecule has 3 aromatic heterocycles. The van der Waals surface area contributed by atoms with Gasteiger partial charge in [-0.15, -0.1) is 0 Å². The Morgan fingerprint density at radius 1 is 1.30 bits per heavy atom. The molecule has 0 aliphatic rings. The lowest BCUT2D eigenvalue weighted by Gasteiger charge is -2.11. The van der Waals surface area contributed by atoms with E-state index >= 15 is 0 Å². The highest BCUT2D eigenvalue weighted by Crippen LogP contribution is 2.37. The minimum absolute atomic E-state index is 0.0968. The van der Waals surface area contributed by atoms with Gasteiger partial charge in [0.1, 0.15) is 23.3 Å². The van der Waals surface area contributed by atoms with E-state index in [9.17, 15) is 4.79 Å². The quantitative estimate of drug-likeness (QED) is 0.450. The van der Waals surface area contributed by atoms with Crippen LogP contribution in [0.5, 0.6) is 11.5 Å². The number of primary amides is 1. The summed E-state index contributed by atoms with van der Waals surface area (Å²) in [6, 6.07) is 10.9. The molecule has 0 spiro atoms. The van der Waals surface area contributed by atoms with Gasteiger partial charge in [0.05, 0.1) is 34.8 Å². The first kappa shape index (κ1) is 19.3. The van der Waals surface area contributed by atoms with Crippen LogP contribution in [0.15, 0.2) is 47.1 Å². The second kappa shape index (κ2) is 8.17. The molecule has 0 unspecified atom stereocenters. The van der Waals surface area contributed by atoms with Crippen LogP contribution in [0.3, 0.4) is 0 Å². The Morgan fingerprint density at radius 2 is 2.17 bits per heavy atom. The molecule has 8 heteroatoms. The summed E-state index contributed by atoms with van der Waals surface area (Å²) in [5.74, 6) is 1.82. The third-order valence-corrected chi connectivity index (χ3v) is 4.69. The number of nitrogens with two attached hydrogens (primary N) is 1. The first-order chi connectivity index (χ1) is 14.6. The Labute approximate surface area is 172 Å². The second-order valence-corrected chi connectivity index (χ2v) is 6.77. The molecule has 0 aliphatic carbocycles. The predicted octanol–water partition coefficient (Wildman–Crippen LogP) is 3.40. The molecule has 152 valence electrons. The Bertz CT molecular complexity index is 1270. The van der Waals surface area contributed by atoms with Crippen LogP contribution in [-0.2, 0) is 6.42 Å². The van der Waals surface area contributed by atoms with E-state index in [4.69, 9.17) is 24.9 Å². The highest BCUT2D eigenvalue weighted by molar-refractivity contribution is 6.15. The maximum absolute atomic E-state index is 12.3. The van der Waals surface area contributed by atoms with E-state index in [1.165, 1.54) is 0 Å². The first-order valence-electron chi connectivity index (χ1n) is 9.49. The number of fused-ring (bicyclic) bond motifs is 3. The SMILES string of the molecule is Cc1cnc(CCCOc2cc(OCC#N)cc3c2c(C(N)=O)c2ccccn23)o1. The number of oxazole rings is 1. The number of pyridine rings is 1. The molecule has 0 saturated heterocycles. The van der Waals surface area contributed by atoms with Gasteiger partial charge in [0, 0.05) is 24.8 Å². The van der Waals surface area contributed by atoms with Crippen LogP contribution < -0.4 is 15.2 Å². The Morgan fingerprint density at radius 3 is 2.90 bits per heavy atom. The minimum Gasteiger partial charge on any atom is -0.493 e. The molecule has 0 saturated carbocycles. The van der Waals surface area contributed by atoms with E-state index in [2.05, 4.69) is 4.98 Å². The average molecular weight is 404 g/mol. The zero-order valence-corrected chi connectivity index (χ0v) is 16.4. The first-order valence-corrected chi connectivity index (χ1v) is 9.49. The monoisotopic (exact) mass is 404 g/mol. The molecule has 0 bridgehead atoms. The van der Waals surface area contributed by atoms with Crippen molar-refractivity contribution in [2.24, 2.45) is 5.73 Å². The molecule has 1 amide bonds. The fourth-order valence-electron chi connectivity index (χ4n) is 3.49. The van der Waals surface area contributed by atoms with Gasteiger partial charge in [0.25, 0.3) is 5.91 Å². The van der Waals surface area contributed by atoms with Gasteiger partial charge in [-0.1, -0.05) is 6.07 Å². The van der Waals surface area contributed by atoms with E-state index in [1.54, 1.807) is 18.3 Å². The Balaban J connectivity index is 1.72. The van der Waals surface area contributed by atoms with Gasteiger partial charge in [0.15, 0.2) is 12.5 Å². The molecule has 0 atom stereocenters. The van der Waals surface area contributed by atoms with E-state index in [0.29, 0.717) is 58.8 Å². The summed E-state index contributed by atoms with van der Waals surface area (Å²) in [4.78, 5) is 16.5. The van der Waals surface area contributed by atoms with Gasteiger partial charge in [-0.3, -0.25) is 4.79 Å². The number of nitrogens with zero attached hydrogens (tertiary/aromatic N) is 3. The maximum Gasteiger partial charge on any atom is 0.251 e. The summed E-state index contributed by atoms with van der Waals surface area (Å²) in [7, 11) is 0. The Hall–Kier alpha value is -3.99. The van der Waals surface area contributed by atoms with Gasteiger partial charge in [-0.25, -0.2) is 4.98 Å². The van der Waals surface area contributed by atoms with E-state index in [0.717, 1.165) is 5.76 Å². The summed E-state index contributed by atoms with van der Waals surface area (Å²) < 4.78 is 18.9. The van der Waals surface area contributed by atoms with E-state index < -0.39 is 5.91 Å². The van der Waals surface area contributed by atoms with Gasteiger partial charge < -0.3 is 24.0 Å². The molecule has 4 rings (SSSR count). The third-order valence-electron chi connectivity index (χ3n) is 4.69. The normalized spacial score (nSPS) is 10.9. The smallest absolute Gasteiger partial charge is 0.251 e. The zero-order valence-electron chi connectivity index (χ0n) is 16.4. The van der Waals surface area contributed by atoms with Crippen molar-refractivity contribution in [2.75, 3.05) is 13.2 Å². The van der Waals surface area contributed by atoms with E-state index in [1.807, 2.05) is 41.8 Å². The molecule has 0 radical (unpaired) electrons. The number of aromatic nitrogens is 2. The van der Waals surface area contributed by atoms with Crippen molar-refractivity contribution in [1.82, 2.24) is 9.38 Å². The summed E-state index contributed by atoms with van der Waals surface area (Å²) in [6.07, 6.45) is 4.82. The van der Waals surface area contributed by atoms with Crippen LogP contribution >= 0.6 is 0 Å². The number of rotatable bonds is 8. The number of benzene rings is 1. The molecule has 3 heterocycles. The molecule has 30 heavy (non-hydrogen) atoms. The number of aryl methyl sites for hydroxylation is 2. The number of carbonyl (C=O) groups excluding carboxylic acids is 1. The number of hydrogen-bond donors (Lipinski definition) is 1. The van der Waals surface area contributed by atoms with Gasteiger partial charge in [0.2, 0.25) is 0 Å². The summed E-state index contributed by atoms with van der Waals surface area (Å²) in [5.41, 5.74) is 7.49. The number of amides is 1. The largest absolute Gasteiger partial charge is 0.493 e. The second-order valence-electron chi connectivity index (χ2n) is 6.77. The van der Waals surface area contributed by atoms with Crippen LogP contribution in [0.4, 0.5) is 0 Å².